The summed E-state index contributed by atoms with van der Waals surface area (Å²) in [7, 11) is 0. The molecule has 5 nitrogen and oxygen atoms in total. The minimum absolute atomic E-state index is 0.00446. The predicted octanol–water partition coefficient (Wildman–Crippen LogP) is 4.77. The number of aryl methyl sites for hydroxylation is 1. The molecule has 0 aliphatic heterocycles. The van der Waals surface area contributed by atoms with Gasteiger partial charge < -0.3 is 14.4 Å². The van der Waals surface area contributed by atoms with E-state index in [-0.39, 0.29) is 18.4 Å². The molecule has 0 saturated heterocycles. The first-order valence-electron chi connectivity index (χ1n) is 9.35. The molecule has 3 aromatic rings. The van der Waals surface area contributed by atoms with Crippen LogP contribution in [0.1, 0.15) is 40.1 Å². The van der Waals surface area contributed by atoms with Crippen molar-refractivity contribution in [2.45, 2.75) is 19.9 Å². The quantitative estimate of drug-likeness (QED) is 0.564. The number of carbonyl (C=O) groups is 2. The summed E-state index contributed by atoms with van der Waals surface area (Å²) in [6, 6.07) is 18.4. The predicted molar refractivity (Wildman–Crippen MR) is 112 cm³/mol. The summed E-state index contributed by atoms with van der Waals surface area (Å²) in [5, 5.41) is 8.65. The van der Waals surface area contributed by atoms with Crippen LogP contribution in [0.25, 0.3) is 6.08 Å². The highest BCUT2D eigenvalue weighted by atomic mass is 16.5. The Morgan fingerprint density at radius 3 is 2.41 bits per heavy atom. The van der Waals surface area contributed by atoms with Gasteiger partial charge in [-0.15, -0.1) is 0 Å². The highest BCUT2D eigenvalue weighted by Crippen LogP contribution is 2.19. The van der Waals surface area contributed by atoms with Gasteiger partial charge in [0.25, 0.3) is 0 Å². The molecule has 0 spiro atoms. The molecule has 1 N–H and O–H groups in total. The van der Waals surface area contributed by atoms with Gasteiger partial charge in [0.1, 0.15) is 5.75 Å². The average molecular weight is 389 g/mol. The molecule has 29 heavy (non-hydrogen) atoms. The van der Waals surface area contributed by atoms with Crippen LogP contribution in [-0.2, 0) is 4.79 Å². The Bertz CT molecular complexity index is 1010. The van der Waals surface area contributed by atoms with Crippen molar-refractivity contribution in [2.24, 2.45) is 0 Å². The number of hydrogen-bond donors (Lipinski definition) is 1. The Hall–Kier alpha value is -3.60. The number of nitrogens with zero attached hydrogens (tertiary/aromatic N) is 1. The third kappa shape index (κ3) is 5.23. The monoisotopic (exact) mass is 389 g/mol. The molecule has 5 heteroatoms. The second-order valence-corrected chi connectivity index (χ2v) is 6.85. The molecule has 0 radical (unpaired) electrons. The van der Waals surface area contributed by atoms with Gasteiger partial charge in [-0.2, -0.15) is 0 Å². The van der Waals surface area contributed by atoms with Gasteiger partial charge in [0, 0.05) is 17.8 Å². The largest absolute Gasteiger partial charge is 0.482 e. The molecule has 0 aliphatic carbocycles. The molecule has 148 valence electrons. The second-order valence-electron chi connectivity index (χ2n) is 6.85. The number of carboxylic acid groups (broad SMARTS) is 1. The van der Waals surface area contributed by atoms with E-state index in [0.29, 0.717) is 17.0 Å². The number of benzene rings is 2. The number of carbonyl (C=O) groups excluding carboxylic acids is 1. The van der Waals surface area contributed by atoms with Gasteiger partial charge in [-0.25, -0.2) is 4.79 Å². The van der Waals surface area contributed by atoms with Gasteiger partial charge in [0.15, 0.2) is 6.61 Å². The molecule has 2 aromatic carbocycles. The number of ketones is 1. The van der Waals surface area contributed by atoms with Crippen LogP contribution < -0.4 is 4.74 Å². The number of hydrogen-bond acceptors (Lipinski definition) is 3. The number of aromatic nitrogens is 1. The van der Waals surface area contributed by atoms with Crippen molar-refractivity contribution in [2.75, 3.05) is 6.61 Å². The van der Waals surface area contributed by atoms with E-state index < -0.39 is 5.97 Å². The van der Waals surface area contributed by atoms with E-state index in [1.165, 1.54) is 0 Å². The van der Waals surface area contributed by atoms with E-state index in [2.05, 4.69) is 0 Å². The van der Waals surface area contributed by atoms with Gasteiger partial charge in [0.05, 0.1) is 5.69 Å². The molecule has 1 aromatic heterocycles. The fourth-order valence-electron chi connectivity index (χ4n) is 2.96. The van der Waals surface area contributed by atoms with Crippen LogP contribution in [0.15, 0.2) is 72.9 Å². The number of aliphatic carboxylic acids is 1. The molecule has 0 bridgehead atoms. The van der Waals surface area contributed by atoms with Crippen molar-refractivity contribution < 1.29 is 19.4 Å². The van der Waals surface area contributed by atoms with E-state index in [9.17, 15) is 9.59 Å². The van der Waals surface area contributed by atoms with E-state index in [4.69, 9.17) is 9.84 Å². The van der Waals surface area contributed by atoms with Crippen molar-refractivity contribution in [3.05, 3.63) is 95.3 Å². The smallest absolute Gasteiger partial charge is 0.341 e. The lowest BCUT2D eigenvalue weighted by Crippen LogP contribution is -2.12. The molecular weight excluding hydrogens is 366 g/mol. The van der Waals surface area contributed by atoms with Crippen LogP contribution >= 0.6 is 0 Å². The van der Waals surface area contributed by atoms with Crippen LogP contribution in [0.5, 0.6) is 5.75 Å². The average Bonchev–Trinajstić information content (AvgIpc) is 3.21. The zero-order valence-electron chi connectivity index (χ0n) is 16.4. The van der Waals surface area contributed by atoms with Crippen molar-refractivity contribution >= 4 is 17.8 Å². The fourth-order valence-corrected chi connectivity index (χ4v) is 2.96. The Balaban J connectivity index is 1.70. The molecule has 1 heterocycles. The fraction of sp³-hybridized carbons (Fsp3) is 0.167. The van der Waals surface area contributed by atoms with E-state index in [1.54, 1.807) is 12.1 Å². The highest BCUT2D eigenvalue weighted by molar-refractivity contribution is 6.08. The summed E-state index contributed by atoms with van der Waals surface area (Å²) in [4.78, 5) is 23.4. The molecular formula is C24H23NO4. The first-order valence-corrected chi connectivity index (χ1v) is 9.35. The zero-order valence-corrected chi connectivity index (χ0v) is 16.4. The number of carboxylic acids is 1. The van der Waals surface area contributed by atoms with Crippen molar-refractivity contribution in [3.8, 4) is 5.75 Å². The van der Waals surface area contributed by atoms with Gasteiger partial charge in [-0.3, -0.25) is 4.79 Å². The summed E-state index contributed by atoms with van der Waals surface area (Å²) in [6.45, 7) is 3.65. The Morgan fingerprint density at radius 2 is 1.76 bits per heavy atom. The number of allylic oxidation sites excluding steroid dienone is 1. The molecule has 0 amide bonds. The third-order valence-corrected chi connectivity index (χ3v) is 4.57. The Kier molecular flexibility index (Phi) is 6.29. The van der Waals surface area contributed by atoms with Gasteiger partial charge in [-0.1, -0.05) is 54.1 Å². The van der Waals surface area contributed by atoms with E-state index >= 15 is 0 Å². The van der Waals surface area contributed by atoms with Gasteiger partial charge in [0.2, 0.25) is 5.78 Å². The molecule has 0 aliphatic rings. The van der Waals surface area contributed by atoms with Crippen LogP contribution in [0.3, 0.4) is 0 Å². The maximum Gasteiger partial charge on any atom is 0.341 e. The second kappa shape index (κ2) is 9.06. The van der Waals surface area contributed by atoms with Crippen molar-refractivity contribution in [1.82, 2.24) is 4.57 Å². The maximum atomic E-state index is 12.9. The molecule has 1 unspecified atom stereocenters. The Labute approximate surface area is 169 Å². The van der Waals surface area contributed by atoms with Crippen molar-refractivity contribution in [1.29, 1.82) is 0 Å². The first kappa shape index (κ1) is 20.1. The van der Waals surface area contributed by atoms with Crippen LogP contribution in [0.4, 0.5) is 0 Å². The van der Waals surface area contributed by atoms with E-state index in [0.717, 1.165) is 11.1 Å². The SMILES string of the molecule is Cc1ccc(C(=O)c2cccn2C(C)C=Cc2ccc(OCC(=O)O)cc2)cc1. The van der Waals surface area contributed by atoms with Crippen molar-refractivity contribution in [3.63, 3.8) is 0 Å². The highest BCUT2D eigenvalue weighted by Gasteiger charge is 2.15. The standard InChI is InChI=1S/C24H23NO4/c1-17-5-11-20(12-6-17)24(28)22-4-3-15-25(22)18(2)7-8-19-9-13-21(14-10-19)29-16-23(26)27/h3-15,18H,16H2,1-2H3,(H,26,27). The first-order chi connectivity index (χ1) is 13.9. The van der Waals surface area contributed by atoms with Gasteiger partial charge in [-0.05, 0) is 43.7 Å². The lowest BCUT2D eigenvalue weighted by atomic mass is 10.1. The minimum Gasteiger partial charge on any atom is -0.482 e. The summed E-state index contributed by atoms with van der Waals surface area (Å²) in [5.74, 6) is -0.505. The summed E-state index contributed by atoms with van der Waals surface area (Å²) in [6.07, 6.45) is 5.88. The molecule has 1 atom stereocenters. The summed E-state index contributed by atoms with van der Waals surface area (Å²) in [5.41, 5.74) is 3.39. The number of ether oxygens (including phenoxy) is 1. The normalized spacial score (nSPS) is 12.1. The van der Waals surface area contributed by atoms with Crippen LogP contribution in [0, 0.1) is 6.92 Å². The molecule has 0 saturated carbocycles. The summed E-state index contributed by atoms with van der Waals surface area (Å²) >= 11 is 0. The summed E-state index contributed by atoms with van der Waals surface area (Å²) < 4.78 is 7.08. The zero-order chi connectivity index (χ0) is 20.8. The molecule has 3 rings (SSSR count). The third-order valence-electron chi connectivity index (χ3n) is 4.57. The minimum atomic E-state index is -1.01. The van der Waals surface area contributed by atoms with Gasteiger partial charge >= 0.3 is 5.97 Å². The maximum absolute atomic E-state index is 12.9. The lowest BCUT2D eigenvalue weighted by Gasteiger charge is -2.14. The topological polar surface area (TPSA) is 68.5 Å². The Morgan fingerprint density at radius 1 is 1.07 bits per heavy atom. The molecule has 0 fully saturated rings. The van der Waals surface area contributed by atoms with Crippen LogP contribution in [0.2, 0.25) is 0 Å². The van der Waals surface area contributed by atoms with Crippen LogP contribution in [-0.4, -0.2) is 28.0 Å². The lowest BCUT2D eigenvalue weighted by molar-refractivity contribution is -0.139. The van der Waals surface area contributed by atoms with E-state index in [1.807, 2.05) is 85.3 Å². The number of rotatable bonds is 8.